The molecule has 5 rings (SSSR count). The zero-order valence-electron chi connectivity index (χ0n) is 19.2. The van der Waals surface area contributed by atoms with Gasteiger partial charge in [0.1, 0.15) is 5.75 Å². The van der Waals surface area contributed by atoms with Crippen molar-refractivity contribution in [3.63, 3.8) is 0 Å². The van der Waals surface area contributed by atoms with Crippen LogP contribution in [-0.4, -0.2) is 28.7 Å². The highest BCUT2D eigenvalue weighted by atomic mass is 35.5. The first-order chi connectivity index (χ1) is 16.5. The molecule has 3 aromatic carbocycles. The van der Waals surface area contributed by atoms with E-state index in [0.29, 0.717) is 11.4 Å². The van der Waals surface area contributed by atoms with Gasteiger partial charge in [0.05, 0.1) is 24.4 Å². The lowest BCUT2D eigenvalue weighted by Crippen LogP contribution is -2.24. The van der Waals surface area contributed by atoms with E-state index in [2.05, 4.69) is 12.1 Å². The van der Waals surface area contributed by atoms with Crippen LogP contribution in [0.5, 0.6) is 5.75 Å². The SMILES string of the molecule is COc1cccc([C@@H]2CC(c3c(C)nc4ccc(Cl)cc4c3-c3ccccc3)=NN2C(C)=O)c1. The molecule has 1 amide bonds. The lowest BCUT2D eigenvalue weighted by atomic mass is 9.89. The highest BCUT2D eigenvalue weighted by Crippen LogP contribution is 2.40. The highest BCUT2D eigenvalue weighted by molar-refractivity contribution is 6.31. The number of hydrogen-bond acceptors (Lipinski definition) is 4. The molecule has 0 saturated carbocycles. The van der Waals surface area contributed by atoms with Crippen molar-refractivity contribution in [1.82, 2.24) is 9.99 Å². The number of pyridine rings is 1. The summed E-state index contributed by atoms with van der Waals surface area (Å²) in [6, 6.07) is 23.5. The minimum absolute atomic E-state index is 0.112. The average Bonchev–Trinajstić information content (AvgIpc) is 3.29. The van der Waals surface area contributed by atoms with Crippen molar-refractivity contribution in [2.45, 2.75) is 26.3 Å². The Hall–Kier alpha value is -3.70. The van der Waals surface area contributed by atoms with Crippen LogP contribution in [0, 0.1) is 6.92 Å². The Balaban J connectivity index is 1.72. The van der Waals surface area contributed by atoms with E-state index in [1.807, 2.05) is 67.6 Å². The Morgan fingerprint density at radius 1 is 1.03 bits per heavy atom. The van der Waals surface area contributed by atoms with Gasteiger partial charge in [-0.15, -0.1) is 0 Å². The number of aromatic nitrogens is 1. The summed E-state index contributed by atoms with van der Waals surface area (Å²) in [5, 5.41) is 8.01. The standard InChI is InChI=1S/C28H24ClN3O2/c1-17-27(25-16-26(32(31-25)18(2)33)20-10-7-11-22(14-20)34-3)28(19-8-5-4-6-9-19)23-15-21(29)12-13-24(23)30-17/h4-15,26H,16H2,1-3H3/t26-/m0/s1. The van der Waals surface area contributed by atoms with E-state index >= 15 is 0 Å². The van der Waals surface area contributed by atoms with Gasteiger partial charge in [-0.25, -0.2) is 5.01 Å². The molecule has 1 aromatic heterocycles. The second-order valence-corrected chi connectivity index (χ2v) is 8.82. The van der Waals surface area contributed by atoms with Gasteiger partial charge in [0.15, 0.2) is 0 Å². The Morgan fingerprint density at radius 2 is 1.82 bits per heavy atom. The second-order valence-electron chi connectivity index (χ2n) is 8.38. The summed E-state index contributed by atoms with van der Waals surface area (Å²) in [6.45, 7) is 3.54. The van der Waals surface area contributed by atoms with E-state index in [1.165, 1.54) is 0 Å². The molecule has 0 radical (unpaired) electrons. The molecule has 0 aliphatic carbocycles. The largest absolute Gasteiger partial charge is 0.497 e. The fourth-order valence-corrected chi connectivity index (χ4v) is 4.85. The average molecular weight is 470 g/mol. The monoisotopic (exact) mass is 469 g/mol. The van der Waals surface area contributed by atoms with Crippen LogP contribution in [0.15, 0.2) is 77.9 Å². The smallest absolute Gasteiger partial charge is 0.240 e. The molecular weight excluding hydrogens is 446 g/mol. The summed E-state index contributed by atoms with van der Waals surface area (Å²) in [5.41, 5.74) is 6.56. The maximum atomic E-state index is 12.6. The molecule has 1 aliphatic rings. The number of hydrogen-bond donors (Lipinski definition) is 0. The van der Waals surface area contributed by atoms with E-state index < -0.39 is 0 Å². The van der Waals surface area contributed by atoms with Gasteiger partial charge in [-0.2, -0.15) is 5.10 Å². The number of hydrazone groups is 1. The Labute approximate surface area is 203 Å². The zero-order chi connectivity index (χ0) is 23.8. The molecule has 34 heavy (non-hydrogen) atoms. The number of fused-ring (bicyclic) bond motifs is 1. The van der Waals surface area contributed by atoms with Gasteiger partial charge in [-0.3, -0.25) is 9.78 Å². The molecule has 0 unspecified atom stereocenters. The Kier molecular flexibility index (Phi) is 5.80. The maximum Gasteiger partial charge on any atom is 0.240 e. The van der Waals surface area contributed by atoms with Crippen LogP contribution in [-0.2, 0) is 4.79 Å². The molecule has 4 aromatic rings. The van der Waals surface area contributed by atoms with Gasteiger partial charge in [0.2, 0.25) is 5.91 Å². The van der Waals surface area contributed by atoms with Crippen molar-refractivity contribution in [3.05, 3.63) is 94.6 Å². The van der Waals surface area contributed by atoms with Crippen molar-refractivity contribution in [3.8, 4) is 16.9 Å². The molecule has 0 saturated heterocycles. The molecule has 1 aliphatic heterocycles. The van der Waals surface area contributed by atoms with Gasteiger partial charge >= 0.3 is 0 Å². The van der Waals surface area contributed by atoms with E-state index in [-0.39, 0.29) is 11.9 Å². The molecule has 0 fully saturated rings. The van der Waals surface area contributed by atoms with E-state index in [9.17, 15) is 4.79 Å². The quantitative estimate of drug-likeness (QED) is 0.339. The Morgan fingerprint density at radius 3 is 2.56 bits per heavy atom. The number of amides is 1. The molecule has 6 heteroatoms. The fourth-order valence-electron chi connectivity index (χ4n) is 4.68. The predicted molar refractivity (Wildman–Crippen MR) is 136 cm³/mol. The number of halogens is 1. The first-order valence-corrected chi connectivity index (χ1v) is 11.5. The number of carbonyl (C=O) groups is 1. The van der Waals surface area contributed by atoms with Crippen LogP contribution in [0.2, 0.25) is 5.02 Å². The summed E-state index contributed by atoms with van der Waals surface area (Å²) in [4.78, 5) is 17.5. The van der Waals surface area contributed by atoms with Gasteiger partial charge in [-0.05, 0) is 48.4 Å². The number of nitrogens with zero attached hydrogens (tertiary/aromatic N) is 3. The number of aryl methyl sites for hydroxylation is 1. The van der Waals surface area contributed by atoms with E-state index in [1.54, 1.807) is 19.0 Å². The molecule has 5 nitrogen and oxygen atoms in total. The van der Waals surface area contributed by atoms with Crippen LogP contribution in [0.4, 0.5) is 0 Å². The highest BCUT2D eigenvalue weighted by Gasteiger charge is 2.34. The summed E-state index contributed by atoms with van der Waals surface area (Å²) in [7, 11) is 1.64. The zero-order valence-corrected chi connectivity index (χ0v) is 20.0. The lowest BCUT2D eigenvalue weighted by molar-refractivity contribution is -0.130. The topological polar surface area (TPSA) is 54.8 Å². The van der Waals surface area contributed by atoms with Gasteiger partial charge in [0.25, 0.3) is 0 Å². The molecular formula is C28H24ClN3O2. The summed E-state index contributed by atoms with van der Waals surface area (Å²) < 4.78 is 5.41. The number of methoxy groups -OCH3 is 1. The van der Waals surface area contributed by atoms with Crippen molar-refractivity contribution in [1.29, 1.82) is 0 Å². The summed E-state index contributed by atoms with van der Waals surface area (Å²) in [5.74, 6) is 0.635. The minimum atomic E-state index is -0.222. The molecule has 0 bridgehead atoms. The van der Waals surface area contributed by atoms with Crippen LogP contribution in [0.1, 0.15) is 36.2 Å². The predicted octanol–water partition coefficient (Wildman–Crippen LogP) is 6.57. The first-order valence-electron chi connectivity index (χ1n) is 11.1. The fraction of sp³-hybridized carbons (Fsp3) is 0.179. The van der Waals surface area contributed by atoms with Crippen molar-refractivity contribution in [2.24, 2.45) is 5.10 Å². The van der Waals surface area contributed by atoms with Gasteiger partial charge < -0.3 is 4.74 Å². The number of ether oxygens (including phenoxy) is 1. The number of carbonyl (C=O) groups excluding carboxylic acids is 1. The Bertz CT molecular complexity index is 1430. The molecule has 1 atom stereocenters. The van der Waals surface area contributed by atoms with Crippen molar-refractivity contribution in [2.75, 3.05) is 7.11 Å². The third-order valence-corrected chi connectivity index (χ3v) is 6.43. The van der Waals surface area contributed by atoms with Gasteiger partial charge in [-0.1, -0.05) is 54.1 Å². The van der Waals surface area contributed by atoms with Crippen molar-refractivity contribution >= 4 is 34.1 Å². The number of rotatable bonds is 4. The molecule has 170 valence electrons. The van der Waals surface area contributed by atoms with Crippen LogP contribution in [0.3, 0.4) is 0 Å². The molecule has 2 heterocycles. The van der Waals surface area contributed by atoms with Crippen LogP contribution in [0.25, 0.3) is 22.0 Å². The minimum Gasteiger partial charge on any atom is -0.497 e. The molecule has 0 N–H and O–H groups in total. The maximum absolute atomic E-state index is 12.6. The summed E-state index contributed by atoms with van der Waals surface area (Å²) in [6.07, 6.45) is 0.571. The third kappa shape index (κ3) is 3.93. The first kappa shape index (κ1) is 22.1. The third-order valence-electron chi connectivity index (χ3n) is 6.19. The van der Waals surface area contributed by atoms with Crippen LogP contribution < -0.4 is 4.74 Å². The van der Waals surface area contributed by atoms with E-state index in [0.717, 1.165) is 50.3 Å². The van der Waals surface area contributed by atoms with Gasteiger partial charge in [0, 0.05) is 40.6 Å². The molecule has 0 spiro atoms. The second kappa shape index (κ2) is 8.92. The summed E-state index contributed by atoms with van der Waals surface area (Å²) >= 11 is 6.40. The van der Waals surface area contributed by atoms with Crippen molar-refractivity contribution < 1.29 is 9.53 Å². The normalized spacial score (nSPS) is 15.5. The van der Waals surface area contributed by atoms with E-state index in [4.69, 9.17) is 26.4 Å². The number of benzene rings is 3. The van der Waals surface area contributed by atoms with Crippen LogP contribution >= 0.6 is 11.6 Å². The lowest BCUT2D eigenvalue weighted by Gasteiger charge is -2.21.